The third-order valence-corrected chi connectivity index (χ3v) is 4.81. The first-order valence-electron chi connectivity index (χ1n) is 8.18. The lowest BCUT2D eigenvalue weighted by atomic mass is 9.91. The summed E-state index contributed by atoms with van der Waals surface area (Å²) in [5, 5.41) is 5.74. The Morgan fingerprint density at radius 1 is 1.12 bits per heavy atom. The average molecular weight is 400 g/mol. The van der Waals surface area contributed by atoms with Crippen LogP contribution in [0.4, 0.5) is 5.82 Å². The minimum absolute atomic E-state index is 0.0139. The van der Waals surface area contributed by atoms with E-state index >= 15 is 0 Å². The van der Waals surface area contributed by atoms with Crippen LogP contribution in [-0.4, -0.2) is 22.6 Å². The first kappa shape index (κ1) is 17.7. The molecule has 0 fully saturated rings. The predicted molar refractivity (Wildman–Crippen MR) is 108 cm³/mol. The maximum atomic E-state index is 5.39. The SMILES string of the molecule is COc1ccc2nn(-c3ccc(Br)cc3)c(/N=C(\C)C(C)(C)C)c2c1. The number of hydrogen-bond donors (Lipinski definition) is 0. The standard InChI is InChI=1S/C20H22BrN3O/c1-13(20(2,3)4)22-19-17-12-16(25-5)10-11-18(17)23-24(19)15-8-6-14(21)7-9-15/h6-12H,1-5H3/b22-13+. The van der Waals surface area contributed by atoms with E-state index < -0.39 is 0 Å². The molecule has 0 aliphatic heterocycles. The molecule has 0 bridgehead atoms. The van der Waals surface area contributed by atoms with Crippen molar-refractivity contribution in [2.45, 2.75) is 27.7 Å². The maximum absolute atomic E-state index is 5.39. The first-order valence-corrected chi connectivity index (χ1v) is 8.97. The average Bonchev–Trinajstić information content (AvgIpc) is 2.92. The molecule has 0 saturated heterocycles. The summed E-state index contributed by atoms with van der Waals surface area (Å²) >= 11 is 3.48. The molecule has 5 heteroatoms. The molecule has 0 radical (unpaired) electrons. The van der Waals surface area contributed by atoms with Gasteiger partial charge in [0.05, 0.1) is 23.7 Å². The van der Waals surface area contributed by atoms with Crippen LogP contribution < -0.4 is 4.74 Å². The highest BCUT2D eigenvalue weighted by molar-refractivity contribution is 9.10. The number of aromatic nitrogens is 2. The largest absolute Gasteiger partial charge is 0.497 e. The normalized spacial score (nSPS) is 12.6. The number of fused-ring (bicyclic) bond motifs is 1. The van der Waals surface area contributed by atoms with E-state index in [1.807, 2.05) is 47.1 Å². The molecule has 0 unspecified atom stereocenters. The van der Waals surface area contributed by atoms with E-state index in [2.05, 4.69) is 43.6 Å². The van der Waals surface area contributed by atoms with Gasteiger partial charge in [0, 0.05) is 15.6 Å². The zero-order valence-corrected chi connectivity index (χ0v) is 16.8. The van der Waals surface area contributed by atoms with Crippen molar-refractivity contribution in [3.63, 3.8) is 0 Å². The molecule has 3 rings (SSSR count). The van der Waals surface area contributed by atoms with E-state index in [-0.39, 0.29) is 5.41 Å². The molecule has 25 heavy (non-hydrogen) atoms. The van der Waals surface area contributed by atoms with Crippen LogP contribution in [0.2, 0.25) is 0 Å². The van der Waals surface area contributed by atoms with Crippen LogP contribution in [-0.2, 0) is 0 Å². The Morgan fingerprint density at radius 2 is 1.80 bits per heavy atom. The summed E-state index contributed by atoms with van der Waals surface area (Å²) in [4.78, 5) is 4.94. The van der Waals surface area contributed by atoms with Crippen molar-refractivity contribution >= 4 is 38.4 Å². The summed E-state index contributed by atoms with van der Waals surface area (Å²) in [7, 11) is 1.67. The van der Waals surface area contributed by atoms with Gasteiger partial charge in [-0.1, -0.05) is 36.7 Å². The number of benzene rings is 2. The van der Waals surface area contributed by atoms with Crippen molar-refractivity contribution in [1.82, 2.24) is 9.78 Å². The van der Waals surface area contributed by atoms with Gasteiger partial charge < -0.3 is 4.74 Å². The van der Waals surface area contributed by atoms with Gasteiger partial charge in [0.2, 0.25) is 0 Å². The van der Waals surface area contributed by atoms with E-state index in [9.17, 15) is 0 Å². The zero-order valence-electron chi connectivity index (χ0n) is 15.2. The number of methoxy groups -OCH3 is 1. The van der Waals surface area contributed by atoms with E-state index in [0.29, 0.717) is 0 Å². The van der Waals surface area contributed by atoms with Crippen molar-refractivity contribution in [3.8, 4) is 11.4 Å². The minimum Gasteiger partial charge on any atom is -0.497 e. The molecule has 0 saturated carbocycles. The van der Waals surface area contributed by atoms with Crippen LogP contribution in [0, 0.1) is 5.41 Å². The van der Waals surface area contributed by atoms with Crippen molar-refractivity contribution in [1.29, 1.82) is 0 Å². The van der Waals surface area contributed by atoms with Crippen LogP contribution in [0.25, 0.3) is 16.6 Å². The molecule has 0 amide bonds. The zero-order chi connectivity index (χ0) is 18.2. The third-order valence-electron chi connectivity index (χ3n) is 4.28. The van der Waals surface area contributed by atoms with E-state index in [1.54, 1.807) is 7.11 Å². The molecule has 0 spiro atoms. The molecule has 130 valence electrons. The minimum atomic E-state index is -0.0139. The topological polar surface area (TPSA) is 39.4 Å². The lowest BCUT2D eigenvalue weighted by Crippen LogP contribution is -2.16. The molecule has 0 N–H and O–H groups in total. The molecule has 3 aromatic rings. The third kappa shape index (κ3) is 3.61. The van der Waals surface area contributed by atoms with Gasteiger partial charge in [-0.15, -0.1) is 0 Å². The van der Waals surface area contributed by atoms with E-state index in [1.165, 1.54) is 0 Å². The number of halogens is 1. The van der Waals surface area contributed by atoms with Crippen molar-refractivity contribution < 1.29 is 4.74 Å². The van der Waals surface area contributed by atoms with Gasteiger partial charge in [-0.05, 0) is 49.4 Å². The lowest BCUT2D eigenvalue weighted by Gasteiger charge is -2.18. The van der Waals surface area contributed by atoms with Gasteiger partial charge in [0.25, 0.3) is 0 Å². The van der Waals surface area contributed by atoms with Crippen molar-refractivity contribution in [3.05, 3.63) is 46.9 Å². The Morgan fingerprint density at radius 3 is 2.40 bits per heavy atom. The molecule has 0 atom stereocenters. The smallest absolute Gasteiger partial charge is 0.163 e. The molecule has 1 aromatic heterocycles. The fourth-order valence-corrected chi connectivity index (χ4v) is 2.64. The fraction of sp³-hybridized carbons (Fsp3) is 0.300. The number of ether oxygens (including phenoxy) is 1. The number of hydrogen-bond acceptors (Lipinski definition) is 3. The summed E-state index contributed by atoms with van der Waals surface area (Å²) in [6.45, 7) is 8.55. The quantitative estimate of drug-likeness (QED) is 0.511. The number of nitrogens with zero attached hydrogens (tertiary/aromatic N) is 3. The monoisotopic (exact) mass is 399 g/mol. The lowest BCUT2D eigenvalue weighted by molar-refractivity contribution is 0.415. The Balaban J connectivity index is 2.28. The van der Waals surface area contributed by atoms with Gasteiger partial charge in [0.15, 0.2) is 5.82 Å². The predicted octanol–water partition coefficient (Wildman–Crippen LogP) is 5.94. The molecular weight excluding hydrogens is 378 g/mol. The van der Waals surface area contributed by atoms with Crippen LogP contribution in [0.15, 0.2) is 51.9 Å². The Labute approximate surface area is 156 Å². The highest BCUT2D eigenvalue weighted by Gasteiger charge is 2.18. The highest BCUT2D eigenvalue weighted by Crippen LogP contribution is 2.33. The Kier molecular flexibility index (Phi) is 4.69. The molecule has 2 aromatic carbocycles. The van der Waals surface area contributed by atoms with E-state index in [4.69, 9.17) is 14.8 Å². The summed E-state index contributed by atoms with van der Waals surface area (Å²) < 4.78 is 8.32. The summed E-state index contributed by atoms with van der Waals surface area (Å²) in [6.07, 6.45) is 0. The first-order chi connectivity index (χ1) is 11.8. The van der Waals surface area contributed by atoms with Gasteiger partial charge in [-0.25, -0.2) is 9.67 Å². The van der Waals surface area contributed by atoms with Gasteiger partial charge in [-0.3, -0.25) is 0 Å². The van der Waals surface area contributed by atoms with Gasteiger partial charge in [0.1, 0.15) is 5.75 Å². The molecule has 0 aliphatic carbocycles. The second-order valence-electron chi connectivity index (χ2n) is 7.04. The van der Waals surface area contributed by atoms with Gasteiger partial charge >= 0.3 is 0 Å². The summed E-state index contributed by atoms with van der Waals surface area (Å²) in [6, 6.07) is 13.9. The Hall–Kier alpha value is -2.14. The summed E-state index contributed by atoms with van der Waals surface area (Å²) in [5.74, 6) is 1.62. The fourth-order valence-electron chi connectivity index (χ4n) is 2.37. The highest BCUT2D eigenvalue weighted by atomic mass is 79.9. The Bertz CT molecular complexity index is 934. The number of aliphatic imine (C=N–C) groups is 1. The van der Waals surface area contributed by atoms with Crippen LogP contribution in [0.5, 0.6) is 5.75 Å². The van der Waals surface area contributed by atoms with Crippen LogP contribution in [0.1, 0.15) is 27.7 Å². The molecule has 1 heterocycles. The van der Waals surface area contributed by atoms with Gasteiger partial charge in [-0.2, -0.15) is 5.10 Å². The molecule has 4 nitrogen and oxygen atoms in total. The van der Waals surface area contributed by atoms with Crippen LogP contribution >= 0.6 is 15.9 Å². The molecule has 0 aliphatic rings. The number of rotatable bonds is 3. The van der Waals surface area contributed by atoms with Crippen molar-refractivity contribution in [2.75, 3.05) is 7.11 Å². The van der Waals surface area contributed by atoms with Crippen molar-refractivity contribution in [2.24, 2.45) is 10.4 Å². The summed E-state index contributed by atoms with van der Waals surface area (Å²) in [5.41, 5.74) is 2.90. The second kappa shape index (κ2) is 6.64. The maximum Gasteiger partial charge on any atom is 0.163 e. The van der Waals surface area contributed by atoms with E-state index in [0.717, 1.165) is 38.3 Å². The van der Waals surface area contributed by atoms with Crippen LogP contribution in [0.3, 0.4) is 0 Å². The molecular formula is C20H22BrN3O. The second-order valence-corrected chi connectivity index (χ2v) is 7.96.